The zero-order valence-electron chi connectivity index (χ0n) is 12.0. The molecule has 0 saturated heterocycles. The van der Waals surface area contributed by atoms with Gasteiger partial charge in [-0.15, -0.1) is 0 Å². The van der Waals surface area contributed by atoms with Crippen LogP contribution in [0.5, 0.6) is 0 Å². The summed E-state index contributed by atoms with van der Waals surface area (Å²) < 4.78 is 0. The van der Waals surface area contributed by atoms with E-state index >= 15 is 0 Å². The first-order valence-electron chi connectivity index (χ1n) is 6.52. The van der Waals surface area contributed by atoms with Crippen LogP contribution in [-0.4, -0.2) is 30.3 Å². The minimum absolute atomic E-state index is 0.223. The predicted octanol–water partition coefficient (Wildman–Crippen LogP) is 4.23. The van der Waals surface area contributed by atoms with Gasteiger partial charge in [-0.2, -0.15) is 0 Å². The summed E-state index contributed by atoms with van der Waals surface area (Å²) in [6.07, 6.45) is 1.99. The van der Waals surface area contributed by atoms with Gasteiger partial charge < -0.3 is 0 Å². The van der Waals surface area contributed by atoms with Crippen LogP contribution in [0.1, 0.15) is 32.3 Å². The van der Waals surface area contributed by atoms with Crippen molar-refractivity contribution < 1.29 is 4.79 Å². The SMILES string of the molecule is CCC(CC)(C(=O)Cc1ccc(Cl)c(Cl)c1)N(C)C. The lowest BCUT2D eigenvalue weighted by molar-refractivity contribution is -0.129. The van der Waals surface area contributed by atoms with Gasteiger partial charge in [-0.25, -0.2) is 0 Å². The number of halogens is 2. The summed E-state index contributed by atoms with van der Waals surface area (Å²) >= 11 is 11.9. The fraction of sp³-hybridized carbons (Fsp3) is 0.533. The van der Waals surface area contributed by atoms with Crippen LogP contribution in [0, 0.1) is 0 Å². The van der Waals surface area contributed by atoms with Crippen LogP contribution in [0.25, 0.3) is 0 Å². The number of ketones is 1. The van der Waals surface area contributed by atoms with E-state index in [1.54, 1.807) is 12.1 Å². The molecule has 0 unspecified atom stereocenters. The highest BCUT2D eigenvalue weighted by atomic mass is 35.5. The third kappa shape index (κ3) is 3.50. The van der Waals surface area contributed by atoms with E-state index in [0.29, 0.717) is 16.5 Å². The van der Waals surface area contributed by atoms with Crippen molar-refractivity contribution in [3.8, 4) is 0 Å². The number of benzene rings is 1. The highest BCUT2D eigenvalue weighted by Crippen LogP contribution is 2.27. The molecule has 0 saturated carbocycles. The summed E-state index contributed by atoms with van der Waals surface area (Å²) in [5.74, 6) is 0.223. The number of carbonyl (C=O) groups excluding carboxylic acids is 1. The molecule has 0 amide bonds. The minimum Gasteiger partial charge on any atom is -0.297 e. The Morgan fingerprint density at radius 2 is 1.74 bits per heavy atom. The van der Waals surface area contributed by atoms with Crippen LogP contribution < -0.4 is 0 Å². The lowest BCUT2D eigenvalue weighted by Crippen LogP contribution is -2.50. The van der Waals surface area contributed by atoms with Crippen molar-refractivity contribution in [2.75, 3.05) is 14.1 Å². The Balaban J connectivity index is 2.97. The molecule has 0 heterocycles. The van der Waals surface area contributed by atoms with Gasteiger partial charge in [0.05, 0.1) is 15.6 Å². The first kappa shape index (κ1) is 16.5. The Labute approximate surface area is 125 Å². The smallest absolute Gasteiger partial charge is 0.157 e. The van der Waals surface area contributed by atoms with E-state index in [1.807, 2.05) is 25.1 Å². The highest BCUT2D eigenvalue weighted by Gasteiger charge is 2.36. The molecule has 0 aliphatic heterocycles. The molecule has 1 rings (SSSR count). The molecule has 0 aromatic heterocycles. The Hall–Kier alpha value is -0.570. The maximum atomic E-state index is 12.6. The zero-order chi connectivity index (χ0) is 14.6. The summed E-state index contributed by atoms with van der Waals surface area (Å²) in [5.41, 5.74) is 0.513. The van der Waals surface area contributed by atoms with Crippen molar-refractivity contribution in [1.29, 1.82) is 0 Å². The lowest BCUT2D eigenvalue weighted by atomic mass is 9.83. The summed E-state index contributed by atoms with van der Waals surface area (Å²) in [6.45, 7) is 4.10. The fourth-order valence-corrected chi connectivity index (χ4v) is 2.85. The van der Waals surface area contributed by atoms with Gasteiger partial charge in [0.25, 0.3) is 0 Å². The number of likely N-dealkylation sites (N-methyl/N-ethyl adjacent to an activating group) is 1. The minimum atomic E-state index is -0.397. The molecule has 2 nitrogen and oxygen atoms in total. The van der Waals surface area contributed by atoms with E-state index in [4.69, 9.17) is 23.2 Å². The summed E-state index contributed by atoms with van der Waals surface area (Å²) in [5, 5.41) is 1.01. The predicted molar refractivity (Wildman–Crippen MR) is 82.2 cm³/mol. The number of hydrogen-bond donors (Lipinski definition) is 0. The van der Waals surface area contributed by atoms with Crippen molar-refractivity contribution in [2.24, 2.45) is 0 Å². The molecular formula is C15H21Cl2NO. The maximum Gasteiger partial charge on any atom is 0.157 e. The summed E-state index contributed by atoms with van der Waals surface area (Å²) in [6, 6.07) is 5.37. The number of carbonyl (C=O) groups is 1. The molecule has 1 aromatic rings. The fourth-order valence-electron chi connectivity index (χ4n) is 2.53. The Bertz CT molecular complexity index is 453. The van der Waals surface area contributed by atoms with E-state index in [2.05, 4.69) is 13.8 Å². The standard InChI is InChI=1S/C15H21Cl2NO/c1-5-15(6-2,18(3)4)14(19)10-11-7-8-12(16)13(17)9-11/h7-9H,5-6,10H2,1-4H3. The number of nitrogens with zero attached hydrogens (tertiary/aromatic N) is 1. The molecule has 0 atom stereocenters. The van der Waals surface area contributed by atoms with Crippen LogP contribution in [0.2, 0.25) is 10.0 Å². The van der Waals surface area contributed by atoms with Gasteiger partial charge in [-0.3, -0.25) is 9.69 Å². The third-order valence-electron chi connectivity index (χ3n) is 3.89. The molecule has 0 N–H and O–H groups in total. The van der Waals surface area contributed by atoms with E-state index < -0.39 is 5.54 Å². The van der Waals surface area contributed by atoms with Crippen molar-refractivity contribution in [3.63, 3.8) is 0 Å². The Kier molecular flexibility index (Phi) is 5.84. The van der Waals surface area contributed by atoms with Crippen LogP contribution in [0.3, 0.4) is 0 Å². The van der Waals surface area contributed by atoms with Gasteiger partial charge in [0.2, 0.25) is 0 Å². The molecular weight excluding hydrogens is 281 g/mol. The molecule has 0 spiro atoms. The third-order valence-corrected chi connectivity index (χ3v) is 4.63. The highest BCUT2D eigenvalue weighted by molar-refractivity contribution is 6.42. The molecule has 4 heteroatoms. The molecule has 1 aromatic carbocycles. The quantitative estimate of drug-likeness (QED) is 0.784. The van der Waals surface area contributed by atoms with Gasteiger partial charge in [0, 0.05) is 6.42 Å². The maximum absolute atomic E-state index is 12.6. The van der Waals surface area contributed by atoms with Crippen molar-refractivity contribution >= 4 is 29.0 Å². The van der Waals surface area contributed by atoms with Crippen LogP contribution in [-0.2, 0) is 11.2 Å². The second-order valence-corrected chi connectivity index (χ2v) is 5.80. The lowest BCUT2D eigenvalue weighted by Gasteiger charge is -2.37. The Morgan fingerprint density at radius 3 is 2.16 bits per heavy atom. The first-order valence-corrected chi connectivity index (χ1v) is 7.27. The van der Waals surface area contributed by atoms with E-state index in [1.165, 1.54) is 0 Å². The molecule has 0 aliphatic carbocycles. The van der Waals surface area contributed by atoms with Crippen LogP contribution >= 0.6 is 23.2 Å². The normalized spacial score (nSPS) is 11.9. The summed E-state index contributed by atoms with van der Waals surface area (Å²) in [4.78, 5) is 14.6. The molecule has 0 radical (unpaired) electrons. The number of rotatable bonds is 6. The van der Waals surface area contributed by atoms with Gasteiger partial charge in [-0.1, -0.05) is 43.1 Å². The average molecular weight is 302 g/mol. The van der Waals surface area contributed by atoms with Crippen molar-refractivity contribution in [1.82, 2.24) is 4.90 Å². The summed E-state index contributed by atoms with van der Waals surface area (Å²) in [7, 11) is 3.92. The Morgan fingerprint density at radius 1 is 1.16 bits per heavy atom. The largest absolute Gasteiger partial charge is 0.297 e. The van der Waals surface area contributed by atoms with Crippen molar-refractivity contribution in [2.45, 2.75) is 38.6 Å². The van der Waals surface area contributed by atoms with Crippen LogP contribution in [0.4, 0.5) is 0 Å². The van der Waals surface area contributed by atoms with Gasteiger partial charge in [0.15, 0.2) is 5.78 Å². The molecule has 0 fully saturated rings. The number of hydrogen-bond acceptors (Lipinski definition) is 2. The first-order chi connectivity index (χ1) is 8.87. The average Bonchev–Trinajstić information content (AvgIpc) is 2.35. The van der Waals surface area contributed by atoms with Crippen LogP contribution in [0.15, 0.2) is 18.2 Å². The monoisotopic (exact) mass is 301 g/mol. The second-order valence-electron chi connectivity index (χ2n) is 4.98. The van der Waals surface area contributed by atoms with E-state index in [-0.39, 0.29) is 5.78 Å². The zero-order valence-corrected chi connectivity index (χ0v) is 13.5. The van der Waals surface area contributed by atoms with E-state index in [0.717, 1.165) is 18.4 Å². The van der Waals surface area contributed by atoms with Gasteiger partial charge >= 0.3 is 0 Å². The molecule has 0 aliphatic rings. The van der Waals surface area contributed by atoms with Gasteiger partial charge in [0.1, 0.15) is 0 Å². The van der Waals surface area contributed by atoms with E-state index in [9.17, 15) is 4.79 Å². The molecule has 0 bridgehead atoms. The number of Topliss-reactive ketones (excluding diaryl/α,β-unsaturated/α-hetero) is 1. The second kappa shape index (κ2) is 6.74. The van der Waals surface area contributed by atoms with Crippen molar-refractivity contribution in [3.05, 3.63) is 33.8 Å². The topological polar surface area (TPSA) is 20.3 Å². The van der Waals surface area contributed by atoms with Gasteiger partial charge in [-0.05, 0) is 44.6 Å². The molecule has 106 valence electrons. The molecule has 19 heavy (non-hydrogen) atoms.